The van der Waals surface area contributed by atoms with Gasteiger partial charge in [0.05, 0.1) is 6.61 Å². The van der Waals surface area contributed by atoms with E-state index in [1.807, 2.05) is 0 Å². The predicted octanol–water partition coefficient (Wildman–Crippen LogP) is 4.14. The SMILES string of the molecule is COCc1cccc(CNC2C(C)(C)[C@H]3CC[C@]2(C)C3)c1. The summed E-state index contributed by atoms with van der Waals surface area (Å²) >= 11 is 0. The van der Waals surface area contributed by atoms with E-state index in [0.29, 0.717) is 23.5 Å². The largest absolute Gasteiger partial charge is 0.380 e. The number of methoxy groups -OCH3 is 1. The van der Waals surface area contributed by atoms with Crippen LogP contribution in [-0.4, -0.2) is 13.2 Å². The van der Waals surface area contributed by atoms with Crippen LogP contribution in [0.1, 0.15) is 51.2 Å². The second-order valence-corrected chi connectivity index (χ2v) is 7.98. The molecule has 2 aliphatic carbocycles. The fraction of sp³-hybridized carbons (Fsp3) is 0.684. The smallest absolute Gasteiger partial charge is 0.0713 e. The summed E-state index contributed by atoms with van der Waals surface area (Å²) in [4.78, 5) is 0. The zero-order valence-electron chi connectivity index (χ0n) is 13.9. The van der Waals surface area contributed by atoms with E-state index in [-0.39, 0.29) is 0 Å². The summed E-state index contributed by atoms with van der Waals surface area (Å²) in [6.07, 6.45) is 4.22. The lowest BCUT2D eigenvalue weighted by Gasteiger charge is -2.43. The van der Waals surface area contributed by atoms with E-state index in [9.17, 15) is 0 Å². The molecule has 21 heavy (non-hydrogen) atoms. The molecule has 1 aromatic rings. The molecule has 1 N–H and O–H groups in total. The Bertz CT molecular complexity index is 505. The van der Waals surface area contributed by atoms with Crippen LogP contribution >= 0.6 is 0 Å². The molecule has 0 radical (unpaired) electrons. The average molecular weight is 287 g/mol. The highest BCUT2D eigenvalue weighted by Crippen LogP contribution is 2.62. The summed E-state index contributed by atoms with van der Waals surface area (Å²) in [5.74, 6) is 0.903. The highest BCUT2D eigenvalue weighted by Gasteiger charge is 2.58. The van der Waals surface area contributed by atoms with Crippen LogP contribution in [0.5, 0.6) is 0 Å². The highest BCUT2D eigenvalue weighted by molar-refractivity contribution is 5.23. The number of fused-ring (bicyclic) bond motifs is 2. The van der Waals surface area contributed by atoms with Crippen molar-refractivity contribution in [2.75, 3.05) is 7.11 Å². The zero-order valence-corrected chi connectivity index (χ0v) is 13.9. The van der Waals surface area contributed by atoms with Crippen molar-refractivity contribution in [1.29, 1.82) is 0 Å². The van der Waals surface area contributed by atoms with Crippen LogP contribution in [0.25, 0.3) is 0 Å². The maximum Gasteiger partial charge on any atom is 0.0713 e. The fourth-order valence-electron chi connectivity index (χ4n) is 5.03. The lowest BCUT2D eigenvalue weighted by Crippen LogP contribution is -2.49. The number of rotatable bonds is 5. The van der Waals surface area contributed by atoms with Crippen molar-refractivity contribution >= 4 is 0 Å². The van der Waals surface area contributed by atoms with Crippen LogP contribution in [0.4, 0.5) is 0 Å². The van der Waals surface area contributed by atoms with Crippen molar-refractivity contribution in [2.24, 2.45) is 16.7 Å². The molecule has 0 aliphatic heterocycles. The second kappa shape index (κ2) is 5.40. The maximum atomic E-state index is 5.23. The first kappa shape index (κ1) is 15.1. The van der Waals surface area contributed by atoms with Gasteiger partial charge in [0, 0.05) is 19.7 Å². The van der Waals surface area contributed by atoms with Gasteiger partial charge in [0.15, 0.2) is 0 Å². The molecule has 1 aromatic carbocycles. The van der Waals surface area contributed by atoms with Crippen LogP contribution in [-0.2, 0) is 17.9 Å². The maximum absolute atomic E-state index is 5.23. The fourth-order valence-corrected chi connectivity index (χ4v) is 5.03. The van der Waals surface area contributed by atoms with Crippen LogP contribution in [0.2, 0.25) is 0 Å². The van der Waals surface area contributed by atoms with E-state index in [4.69, 9.17) is 4.74 Å². The minimum absolute atomic E-state index is 0.428. The Hall–Kier alpha value is -0.860. The minimum atomic E-state index is 0.428. The van der Waals surface area contributed by atoms with E-state index < -0.39 is 0 Å². The Morgan fingerprint density at radius 3 is 2.67 bits per heavy atom. The number of hydrogen-bond acceptors (Lipinski definition) is 2. The summed E-state index contributed by atoms with van der Waals surface area (Å²) in [6, 6.07) is 9.39. The molecule has 2 aliphatic rings. The van der Waals surface area contributed by atoms with Gasteiger partial charge < -0.3 is 10.1 Å². The third kappa shape index (κ3) is 2.64. The van der Waals surface area contributed by atoms with Crippen molar-refractivity contribution in [2.45, 2.75) is 59.2 Å². The Labute approximate surface area is 129 Å². The van der Waals surface area contributed by atoms with E-state index in [2.05, 4.69) is 50.4 Å². The molecule has 0 amide bonds. The summed E-state index contributed by atoms with van der Waals surface area (Å²) in [5.41, 5.74) is 3.55. The number of benzene rings is 1. The van der Waals surface area contributed by atoms with Gasteiger partial charge in [0.1, 0.15) is 0 Å². The molecule has 2 nitrogen and oxygen atoms in total. The van der Waals surface area contributed by atoms with E-state index >= 15 is 0 Å². The van der Waals surface area contributed by atoms with Crippen molar-refractivity contribution < 1.29 is 4.74 Å². The van der Waals surface area contributed by atoms with Gasteiger partial charge in [-0.25, -0.2) is 0 Å². The Morgan fingerprint density at radius 2 is 2.00 bits per heavy atom. The topological polar surface area (TPSA) is 21.3 Å². The van der Waals surface area contributed by atoms with Crippen LogP contribution in [0.15, 0.2) is 24.3 Å². The summed E-state index contributed by atoms with van der Waals surface area (Å²) in [5, 5.41) is 3.89. The van der Waals surface area contributed by atoms with Crippen LogP contribution in [0, 0.1) is 16.7 Å². The molecule has 2 fully saturated rings. The normalized spacial score (nSPS) is 33.5. The van der Waals surface area contributed by atoms with Gasteiger partial charge in [-0.05, 0) is 47.1 Å². The predicted molar refractivity (Wildman–Crippen MR) is 87.0 cm³/mol. The lowest BCUT2D eigenvalue weighted by molar-refractivity contribution is 0.108. The third-order valence-corrected chi connectivity index (χ3v) is 6.08. The van der Waals surface area contributed by atoms with Gasteiger partial charge in [0.25, 0.3) is 0 Å². The van der Waals surface area contributed by atoms with Crippen molar-refractivity contribution in [3.8, 4) is 0 Å². The molecule has 3 atom stereocenters. The van der Waals surface area contributed by atoms with Crippen LogP contribution < -0.4 is 5.32 Å². The van der Waals surface area contributed by atoms with E-state index in [1.54, 1.807) is 7.11 Å². The van der Waals surface area contributed by atoms with Gasteiger partial charge >= 0.3 is 0 Å². The Balaban J connectivity index is 1.69. The summed E-state index contributed by atoms with van der Waals surface area (Å²) < 4.78 is 5.23. The number of nitrogens with one attached hydrogen (secondary N) is 1. The van der Waals surface area contributed by atoms with Gasteiger partial charge in [0.2, 0.25) is 0 Å². The summed E-state index contributed by atoms with van der Waals surface area (Å²) in [6.45, 7) is 9.07. The molecule has 2 heteroatoms. The van der Waals surface area contributed by atoms with Crippen molar-refractivity contribution in [1.82, 2.24) is 5.32 Å². The quantitative estimate of drug-likeness (QED) is 0.879. The lowest BCUT2D eigenvalue weighted by atomic mass is 9.68. The second-order valence-electron chi connectivity index (χ2n) is 7.98. The number of hydrogen-bond donors (Lipinski definition) is 1. The first-order chi connectivity index (χ1) is 9.95. The molecule has 0 aromatic heterocycles. The van der Waals surface area contributed by atoms with E-state index in [1.165, 1.54) is 30.4 Å². The van der Waals surface area contributed by atoms with Crippen LogP contribution in [0.3, 0.4) is 0 Å². The minimum Gasteiger partial charge on any atom is -0.380 e. The Morgan fingerprint density at radius 1 is 1.24 bits per heavy atom. The van der Waals surface area contributed by atoms with Gasteiger partial charge in [-0.15, -0.1) is 0 Å². The highest BCUT2D eigenvalue weighted by atomic mass is 16.5. The molecular formula is C19H29NO. The Kier molecular flexibility index (Phi) is 3.87. The first-order valence-electron chi connectivity index (χ1n) is 8.26. The average Bonchev–Trinajstić information content (AvgIpc) is 2.90. The summed E-state index contributed by atoms with van der Waals surface area (Å²) in [7, 11) is 1.75. The van der Waals surface area contributed by atoms with E-state index in [0.717, 1.165) is 12.5 Å². The molecule has 1 unspecified atom stereocenters. The molecule has 2 saturated carbocycles. The third-order valence-electron chi connectivity index (χ3n) is 6.08. The number of ether oxygens (including phenoxy) is 1. The molecule has 0 spiro atoms. The standard InChI is InChI=1S/C19H29NO/c1-18(2)16-8-9-19(3,11-16)17(18)20-12-14-6-5-7-15(10-14)13-21-4/h5-7,10,16-17,20H,8-9,11-13H2,1-4H3/t16-,17?,19+/m0/s1. The molecule has 116 valence electrons. The van der Waals surface area contributed by atoms with Gasteiger partial charge in [-0.2, -0.15) is 0 Å². The molecule has 3 rings (SSSR count). The molecule has 2 bridgehead atoms. The molecule has 0 heterocycles. The molecular weight excluding hydrogens is 258 g/mol. The zero-order chi connectivity index (χ0) is 15.1. The van der Waals surface area contributed by atoms with Gasteiger partial charge in [-0.3, -0.25) is 0 Å². The molecule has 0 saturated heterocycles. The van der Waals surface area contributed by atoms with Crippen molar-refractivity contribution in [3.63, 3.8) is 0 Å². The first-order valence-corrected chi connectivity index (χ1v) is 8.26. The monoisotopic (exact) mass is 287 g/mol. The van der Waals surface area contributed by atoms with Gasteiger partial charge in [-0.1, -0.05) is 45.0 Å². The van der Waals surface area contributed by atoms with Crippen molar-refractivity contribution in [3.05, 3.63) is 35.4 Å².